The molecule has 1 aliphatic carbocycles. The first kappa shape index (κ1) is 30.0. The fourth-order valence-electron chi connectivity index (χ4n) is 5.88. The fourth-order valence-corrected chi connectivity index (χ4v) is 5.88. The Hall–Kier alpha value is -3.96. The number of carboxylic acid groups (broad SMARTS) is 1. The second kappa shape index (κ2) is 14.1. The van der Waals surface area contributed by atoms with Gasteiger partial charge < -0.3 is 25.8 Å². The molecule has 41 heavy (non-hydrogen) atoms. The second-order valence-corrected chi connectivity index (χ2v) is 11.1. The topological polar surface area (TPSA) is 171 Å². The zero-order valence-corrected chi connectivity index (χ0v) is 23.0. The summed E-state index contributed by atoms with van der Waals surface area (Å²) in [4.78, 5) is 77.7. The molecule has 1 aromatic carbocycles. The van der Waals surface area contributed by atoms with E-state index in [4.69, 9.17) is 4.74 Å². The molecule has 0 spiro atoms. The van der Waals surface area contributed by atoms with E-state index >= 15 is 0 Å². The van der Waals surface area contributed by atoms with Crippen molar-refractivity contribution in [3.05, 3.63) is 35.9 Å². The number of amides is 5. The average molecular weight is 571 g/mol. The third-order valence-electron chi connectivity index (χ3n) is 8.15. The Labute approximate surface area is 238 Å². The van der Waals surface area contributed by atoms with Gasteiger partial charge in [0.05, 0.1) is 0 Å². The zero-order valence-electron chi connectivity index (χ0n) is 23.0. The van der Waals surface area contributed by atoms with Gasteiger partial charge in [0.2, 0.25) is 17.7 Å². The molecule has 0 aromatic heterocycles. The molecule has 1 saturated carbocycles. The number of alkyl carbamates (subject to hydrolysis) is 1. The molecule has 4 N–H and O–H groups in total. The molecule has 4 unspecified atom stereocenters. The van der Waals surface area contributed by atoms with Crippen molar-refractivity contribution in [1.82, 2.24) is 20.9 Å². The van der Waals surface area contributed by atoms with Crippen LogP contribution < -0.4 is 16.0 Å². The van der Waals surface area contributed by atoms with Gasteiger partial charge in [0.1, 0.15) is 24.7 Å². The van der Waals surface area contributed by atoms with Crippen LogP contribution in [0.2, 0.25) is 0 Å². The van der Waals surface area contributed by atoms with Crippen molar-refractivity contribution in [1.29, 1.82) is 0 Å². The predicted octanol–water partition coefficient (Wildman–Crippen LogP) is 1.87. The average Bonchev–Trinajstić information content (AvgIpc) is 3.37. The Morgan fingerprint density at radius 1 is 1.00 bits per heavy atom. The van der Waals surface area contributed by atoms with E-state index in [2.05, 4.69) is 16.0 Å². The van der Waals surface area contributed by atoms with Crippen LogP contribution >= 0.6 is 0 Å². The first-order valence-corrected chi connectivity index (χ1v) is 14.4. The number of aliphatic carboxylic acids is 1. The minimum absolute atomic E-state index is 0.00146. The third kappa shape index (κ3) is 8.05. The van der Waals surface area contributed by atoms with Crippen LogP contribution in [0.25, 0.3) is 0 Å². The number of nitrogens with one attached hydrogen (secondary N) is 3. The maximum Gasteiger partial charge on any atom is 0.408 e. The lowest BCUT2D eigenvalue weighted by atomic mass is 9.83. The number of nitrogens with zero attached hydrogens (tertiary/aromatic N) is 1. The maximum atomic E-state index is 13.6. The summed E-state index contributed by atoms with van der Waals surface area (Å²) < 4.78 is 5.24. The van der Waals surface area contributed by atoms with Crippen LogP contribution in [0.3, 0.4) is 0 Å². The molecule has 0 radical (unpaired) electrons. The second-order valence-electron chi connectivity index (χ2n) is 11.1. The van der Waals surface area contributed by atoms with E-state index in [1.54, 1.807) is 24.3 Å². The first-order chi connectivity index (χ1) is 19.7. The van der Waals surface area contributed by atoms with Crippen molar-refractivity contribution in [2.75, 3.05) is 6.54 Å². The Kier molecular flexibility index (Phi) is 10.3. The number of hydrogen-bond acceptors (Lipinski definition) is 7. The molecule has 4 rings (SSSR count). The molecule has 5 amide bonds. The Bertz CT molecular complexity index is 1140. The van der Waals surface area contributed by atoms with Gasteiger partial charge in [-0.2, -0.15) is 0 Å². The van der Waals surface area contributed by atoms with Gasteiger partial charge in [-0.25, -0.2) is 9.59 Å². The molecule has 2 saturated heterocycles. The van der Waals surface area contributed by atoms with E-state index in [1.807, 2.05) is 6.07 Å². The SMILES string of the molecule is O=C(NC1CCC(=O)N(C(CC2CCCCC2)C(=O)NC(CC2CCNC2=O)C(=O)O)C1=O)OCc1ccccc1. The van der Waals surface area contributed by atoms with Crippen LogP contribution in [-0.4, -0.2) is 70.4 Å². The minimum atomic E-state index is -1.36. The van der Waals surface area contributed by atoms with Crippen LogP contribution in [0.15, 0.2) is 30.3 Å². The molecule has 2 aliphatic heterocycles. The number of rotatable bonds is 11. The monoisotopic (exact) mass is 570 g/mol. The Morgan fingerprint density at radius 2 is 1.73 bits per heavy atom. The van der Waals surface area contributed by atoms with Crippen molar-refractivity contribution in [2.24, 2.45) is 11.8 Å². The van der Waals surface area contributed by atoms with Gasteiger partial charge in [0.15, 0.2) is 0 Å². The summed E-state index contributed by atoms with van der Waals surface area (Å²) in [6.45, 7) is 0.436. The van der Waals surface area contributed by atoms with Crippen molar-refractivity contribution < 1.29 is 38.6 Å². The number of piperidine rings is 1. The van der Waals surface area contributed by atoms with Crippen LogP contribution in [0.1, 0.15) is 69.8 Å². The molecule has 1 aromatic rings. The number of carbonyl (C=O) groups is 6. The number of benzene rings is 1. The highest BCUT2D eigenvalue weighted by Gasteiger charge is 2.44. The lowest BCUT2D eigenvalue weighted by molar-refractivity contribution is -0.157. The summed E-state index contributed by atoms with van der Waals surface area (Å²) in [5, 5.41) is 17.5. The predicted molar refractivity (Wildman–Crippen MR) is 145 cm³/mol. The number of likely N-dealkylation sites (tertiary alicyclic amines) is 1. The largest absolute Gasteiger partial charge is 0.480 e. The smallest absolute Gasteiger partial charge is 0.408 e. The van der Waals surface area contributed by atoms with Gasteiger partial charge in [-0.1, -0.05) is 62.4 Å². The summed E-state index contributed by atoms with van der Waals surface area (Å²) >= 11 is 0. The van der Waals surface area contributed by atoms with Crippen molar-refractivity contribution in [3.63, 3.8) is 0 Å². The number of carboxylic acids is 1. The van der Waals surface area contributed by atoms with Crippen molar-refractivity contribution >= 4 is 35.7 Å². The minimum Gasteiger partial charge on any atom is -0.480 e. The molecule has 12 heteroatoms. The molecule has 0 bridgehead atoms. The Balaban J connectivity index is 1.47. The van der Waals surface area contributed by atoms with E-state index in [9.17, 15) is 33.9 Å². The van der Waals surface area contributed by atoms with Gasteiger partial charge >= 0.3 is 12.1 Å². The van der Waals surface area contributed by atoms with Gasteiger partial charge in [0, 0.05) is 18.9 Å². The van der Waals surface area contributed by atoms with Gasteiger partial charge in [-0.15, -0.1) is 0 Å². The number of imide groups is 1. The lowest BCUT2D eigenvalue weighted by Crippen LogP contribution is -2.62. The number of ether oxygens (including phenoxy) is 1. The maximum absolute atomic E-state index is 13.6. The van der Waals surface area contributed by atoms with Gasteiger partial charge in [-0.3, -0.25) is 24.1 Å². The highest BCUT2D eigenvalue weighted by atomic mass is 16.5. The number of carbonyl (C=O) groups excluding carboxylic acids is 5. The zero-order chi connectivity index (χ0) is 29.4. The van der Waals surface area contributed by atoms with E-state index in [-0.39, 0.29) is 44.1 Å². The van der Waals surface area contributed by atoms with E-state index in [1.165, 1.54) is 0 Å². The standard InChI is InChI=1S/C29H38N4O8/c34-24-12-11-21(32-29(40)41-17-19-9-5-2-6-10-19)27(37)33(24)23(15-18-7-3-1-4-8-18)26(36)31-22(28(38)39)16-20-13-14-30-25(20)35/h2,5-6,9-10,18,20-23H,1,3-4,7-8,11-17H2,(H,30,35)(H,31,36)(H,32,40)(H,38,39). The van der Waals surface area contributed by atoms with Crippen LogP contribution in [0.5, 0.6) is 0 Å². The third-order valence-corrected chi connectivity index (χ3v) is 8.15. The van der Waals surface area contributed by atoms with Crippen LogP contribution in [0, 0.1) is 11.8 Å². The Morgan fingerprint density at radius 3 is 2.39 bits per heavy atom. The molecular weight excluding hydrogens is 532 g/mol. The van der Waals surface area contributed by atoms with Gasteiger partial charge in [-0.05, 0) is 37.2 Å². The molecular formula is C29H38N4O8. The molecule has 2 heterocycles. The molecule has 3 aliphatic rings. The summed E-state index contributed by atoms with van der Waals surface area (Å²) in [6, 6.07) is 5.35. The highest BCUT2D eigenvalue weighted by molar-refractivity contribution is 6.05. The quantitative estimate of drug-likeness (QED) is 0.292. The first-order valence-electron chi connectivity index (χ1n) is 14.4. The van der Waals surface area contributed by atoms with Crippen LogP contribution in [-0.2, 0) is 35.3 Å². The van der Waals surface area contributed by atoms with E-state index in [0.717, 1.165) is 42.6 Å². The van der Waals surface area contributed by atoms with Crippen LogP contribution in [0.4, 0.5) is 4.79 Å². The van der Waals surface area contributed by atoms with Gasteiger partial charge in [0.25, 0.3) is 5.91 Å². The van der Waals surface area contributed by atoms with Crippen molar-refractivity contribution in [2.45, 2.75) is 88.9 Å². The molecule has 12 nitrogen and oxygen atoms in total. The molecule has 4 atom stereocenters. The fraction of sp³-hybridized carbons (Fsp3) is 0.586. The number of hydrogen-bond donors (Lipinski definition) is 4. The lowest BCUT2D eigenvalue weighted by Gasteiger charge is -2.38. The summed E-state index contributed by atoms with van der Waals surface area (Å²) in [5.74, 6) is -4.07. The molecule has 222 valence electrons. The molecule has 3 fully saturated rings. The van der Waals surface area contributed by atoms with E-state index < -0.39 is 53.8 Å². The summed E-state index contributed by atoms with van der Waals surface area (Å²) in [6.07, 6.45) is 4.38. The normalized spacial score (nSPS) is 22.9. The van der Waals surface area contributed by atoms with Crippen molar-refractivity contribution in [3.8, 4) is 0 Å². The highest BCUT2D eigenvalue weighted by Crippen LogP contribution is 2.30. The van der Waals surface area contributed by atoms with E-state index in [0.29, 0.717) is 13.0 Å². The summed E-state index contributed by atoms with van der Waals surface area (Å²) in [5.41, 5.74) is 0.765. The summed E-state index contributed by atoms with van der Waals surface area (Å²) in [7, 11) is 0.